The zero-order valence-electron chi connectivity index (χ0n) is 21.0. The van der Waals surface area contributed by atoms with E-state index in [0.717, 1.165) is 73.7 Å². The number of carbonyl (C=O) groups is 2. The highest BCUT2D eigenvalue weighted by molar-refractivity contribution is 6.03. The first-order valence-electron chi connectivity index (χ1n) is 13.1. The van der Waals surface area contributed by atoms with Crippen molar-refractivity contribution in [3.05, 3.63) is 58.9 Å². The second-order valence-electron chi connectivity index (χ2n) is 10.3. The molecular formula is C29H39N3O2. The number of amides is 2. The molecule has 0 radical (unpaired) electrons. The maximum Gasteiger partial charge on any atom is 0.249 e. The predicted octanol–water partition coefficient (Wildman–Crippen LogP) is 6.11. The van der Waals surface area contributed by atoms with Crippen molar-refractivity contribution in [2.24, 2.45) is 5.92 Å². The molecule has 0 bridgehead atoms. The molecule has 1 aromatic heterocycles. The van der Waals surface area contributed by atoms with E-state index in [2.05, 4.69) is 29.4 Å². The molecule has 2 aliphatic rings. The van der Waals surface area contributed by atoms with Gasteiger partial charge in [0.15, 0.2) is 6.04 Å². The molecule has 1 atom stereocenters. The third-order valence-electron chi connectivity index (χ3n) is 7.49. The standard InChI is InChI=1S/C29H39N3O2/c1-20-18-21(2)26(22(3)19-20)32(29(34)23-12-6-4-7-13-23)27(25-16-10-11-17-30-25)28(33)31-24-14-8-5-9-15-24/h10-11,16-19,23-24,27H,4-9,12-15H2,1-3H3,(H,31,33). The van der Waals surface area contributed by atoms with Crippen LogP contribution >= 0.6 is 0 Å². The zero-order chi connectivity index (χ0) is 24.1. The van der Waals surface area contributed by atoms with Crippen molar-refractivity contribution in [3.8, 4) is 0 Å². The highest BCUT2D eigenvalue weighted by atomic mass is 16.2. The van der Waals surface area contributed by atoms with Crippen LogP contribution in [0.15, 0.2) is 36.5 Å². The van der Waals surface area contributed by atoms with Crippen LogP contribution in [-0.4, -0.2) is 22.8 Å². The van der Waals surface area contributed by atoms with Crippen LogP contribution in [0.5, 0.6) is 0 Å². The Hall–Kier alpha value is -2.69. The zero-order valence-corrected chi connectivity index (χ0v) is 21.0. The summed E-state index contributed by atoms with van der Waals surface area (Å²) in [6.45, 7) is 6.17. The van der Waals surface area contributed by atoms with Gasteiger partial charge in [-0.1, -0.05) is 62.3 Å². The average molecular weight is 462 g/mol. The van der Waals surface area contributed by atoms with Crippen molar-refractivity contribution in [1.29, 1.82) is 0 Å². The number of anilines is 1. The van der Waals surface area contributed by atoms with Crippen LogP contribution in [0.1, 0.15) is 92.6 Å². The van der Waals surface area contributed by atoms with E-state index < -0.39 is 6.04 Å². The van der Waals surface area contributed by atoms with E-state index in [1.165, 1.54) is 12.8 Å². The second kappa shape index (κ2) is 11.2. The number of nitrogens with zero attached hydrogens (tertiary/aromatic N) is 2. The largest absolute Gasteiger partial charge is 0.351 e. The van der Waals surface area contributed by atoms with Crippen molar-refractivity contribution in [3.63, 3.8) is 0 Å². The Kier molecular flexibility index (Phi) is 8.02. The summed E-state index contributed by atoms with van der Waals surface area (Å²) in [5, 5.41) is 3.30. The maximum atomic E-state index is 14.2. The van der Waals surface area contributed by atoms with Crippen molar-refractivity contribution in [1.82, 2.24) is 10.3 Å². The van der Waals surface area contributed by atoms with Gasteiger partial charge >= 0.3 is 0 Å². The third kappa shape index (κ3) is 5.51. The second-order valence-corrected chi connectivity index (χ2v) is 10.3. The van der Waals surface area contributed by atoms with E-state index in [1.807, 2.05) is 32.0 Å². The van der Waals surface area contributed by atoms with Gasteiger partial charge in [-0.05, 0) is 69.7 Å². The minimum atomic E-state index is -0.780. The van der Waals surface area contributed by atoms with Crippen LogP contribution in [0.3, 0.4) is 0 Å². The molecule has 0 spiro atoms. The lowest BCUT2D eigenvalue weighted by Gasteiger charge is -2.37. The number of benzene rings is 1. The van der Waals surface area contributed by atoms with E-state index in [9.17, 15) is 9.59 Å². The van der Waals surface area contributed by atoms with Crippen LogP contribution in [0, 0.1) is 26.7 Å². The molecule has 2 amide bonds. The normalized spacial score (nSPS) is 18.3. The number of pyridine rings is 1. The van der Waals surface area contributed by atoms with Crippen LogP contribution in [-0.2, 0) is 9.59 Å². The third-order valence-corrected chi connectivity index (χ3v) is 7.49. The van der Waals surface area contributed by atoms with Crippen LogP contribution < -0.4 is 10.2 Å². The topological polar surface area (TPSA) is 62.3 Å². The molecule has 4 rings (SSSR count). The van der Waals surface area contributed by atoms with Gasteiger partial charge in [-0.3, -0.25) is 19.5 Å². The van der Waals surface area contributed by atoms with Crippen molar-refractivity contribution in [2.75, 3.05) is 4.90 Å². The lowest BCUT2D eigenvalue weighted by Crippen LogP contribution is -2.49. The Bertz CT molecular complexity index is 969. The summed E-state index contributed by atoms with van der Waals surface area (Å²) < 4.78 is 0. The first-order valence-corrected chi connectivity index (χ1v) is 13.1. The number of nitrogens with one attached hydrogen (secondary N) is 1. The van der Waals surface area contributed by atoms with Gasteiger partial charge in [0.2, 0.25) is 11.8 Å². The molecule has 1 heterocycles. The molecule has 1 N–H and O–H groups in total. The minimum Gasteiger partial charge on any atom is -0.351 e. The lowest BCUT2D eigenvalue weighted by atomic mass is 9.87. The fraction of sp³-hybridized carbons (Fsp3) is 0.552. The van der Waals surface area contributed by atoms with E-state index in [4.69, 9.17) is 0 Å². The van der Waals surface area contributed by atoms with Gasteiger partial charge in [-0.15, -0.1) is 0 Å². The molecule has 2 saturated carbocycles. The van der Waals surface area contributed by atoms with E-state index >= 15 is 0 Å². The lowest BCUT2D eigenvalue weighted by molar-refractivity contribution is -0.129. The first kappa shape index (κ1) is 24.4. The van der Waals surface area contributed by atoms with Crippen molar-refractivity contribution in [2.45, 2.75) is 97.1 Å². The maximum absolute atomic E-state index is 14.2. The smallest absolute Gasteiger partial charge is 0.249 e. The molecule has 1 aromatic carbocycles. The SMILES string of the molecule is Cc1cc(C)c(N(C(=O)C2CCCCC2)C(C(=O)NC2CCCCC2)c2ccccn2)c(C)c1. The summed E-state index contributed by atoms with van der Waals surface area (Å²) >= 11 is 0. The molecule has 2 aliphatic carbocycles. The molecule has 0 aliphatic heterocycles. The average Bonchev–Trinajstić information content (AvgIpc) is 2.84. The van der Waals surface area contributed by atoms with Gasteiger partial charge in [-0.25, -0.2) is 0 Å². The quantitative estimate of drug-likeness (QED) is 0.564. The Morgan fingerprint density at radius 1 is 0.912 bits per heavy atom. The van der Waals surface area contributed by atoms with Gasteiger partial charge in [0.05, 0.1) is 11.4 Å². The molecule has 182 valence electrons. The summed E-state index contributed by atoms with van der Waals surface area (Å²) in [5.41, 5.74) is 4.68. The van der Waals surface area contributed by atoms with Gasteiger partial charge in [0, 0.05) is 18.2 Å². The molecule has 2 aromatic rings. The van der Waals surface area contributed by atoms with Gasteiger partial charge in [0.25, 0.3) is 0 Å². The molecule has 34 heavy (non-hydrogen) atoms. The molecular weight excluding hydrogens is 422 g/mol. The van der Waals surface area contributed by atoms with Crippen molar-refractivity contribution >= 4 is 17.5 Å². The molecule has 5 nitrogen and oxygen atoms in total. The first-order chi connectivity index (χ1) is 16.5. The highest BCUT2D eigenvalue weighted by Crippen LogP contribution is 2.37. The Labute approximate surface area is 204 Å². The summed E-state index contributed by atoms with van der Waals surface area (Å²) in [5.74, 6) is -0.110. The minimum absolute atomic E-state index is 0.0532. The Balaban J connectivity index is 1.80. The summed E-state index contributed by atoms with van der Waals surface area (Å²) in [6.07, 6.45) is 12.3. The van der Waals surface area contributed by atoms with Crippen LogP contribution in [0.25, 0.3) is 0 Å². The van der Waals surface area contributed by atoms with Crippen molar-refractivity contribution < 1.29 is 9.59 Å². The molecule has 0 saturated heterocycles. The van der Waals surface area contributed by atoms with Gasteiger partial charge in [0.1, 0.15) is 0 Å². The summed E-state index contributed by atoms with van der Waals surface area (Å²) in [4.78, 5) is 34.6. The summed E-state index contributed by atoms with van der Waals surface area (Å²) in [7, 11) is 0. The monoisotopic (exact) mass is 461 g/mol. The van der Waals surface area contributed by atoms with Crippen LogP contribution in [0.4, 0.5) is 5.69 Å². The van der Waals surface area contributed by atoms with Gasteiger partial charge in [-0.2, -0.15) is 0 Å². The fourth-order valence-electron chi connectivity index (χ4n) is 5.91. The number of hydrogen-bond donors (Lipinski definition) is 1. The highest BCUT2D eigenvalue weighted by Gasteiger charge is 2.39. The Morgan fingerprint density at radius 3 is 2.12 bits per heavy atom. The fourth-order valence-corrected chi connectivity index (χ4v) is 5.91. The number of rotatable bonds is 6. The molecule has 5 heteroatoms. The van der Waals surface area contributed by atoms with E-state index in [1.54, 1.807) is 11.1 Å². The van der Waals surface area contributed by atoms with Gasteiger partial charge < -0.3 is 5.32 Å². The van der Waals surface area contributed by atoms with E-state index in [-0.39, 0.29) is 23.8 Å². The summed E-state index contributed by atoms with van der Waals surface area (Å²) in [6, 6.07) is 9.24. The van der Waals surface area contributed by atoms with Crippen LogP contribution in [0.2, 0.25) is 0 Å². The molecule has 1 unspecified atom stereocenters. The number of aryl methyl sites for hydroxylation is 3. The predicted molar refractivity (Wildman–Crippen MR) is 137 cm³/mol. The Morgan fingerprint density at radius 2 is 1.53 bits per heavy atom. The van der Waals surface area contributed by atoms with E-state index in [0.29, 0.717) is 5.69 Å². The number of carbonyl (C=O) groups excluding carboxylic acids is 2. The number of hydrogen-bond acceptors (Lipinski definition) is 3. The number of aromatic nitrogens is 1. The molecule has 2 fully saturated rings.